The number of thiocarbonyl (C=S) groups is 1. The van der Waals surface area contributed by atoms with Crippen LogP contribution in [-0.4, -0.2) is 23.1 Å². The number of unbranched alkanes of at least 4 members (excludes halogenated alkanes) is 1. The number of rotatable bonds is 6. The average molecular weight is 231 g/mol. The van der Waals surface area contributed by atoms with Gasteiger partial charge in [-0.1, -0.05) is 13.3 Å². The lowest BCUT2D eigenvalue weighted by Gasteiger charge is -2.26. The quantitative estimate of drug-likeness (QED) is 0.469. The van der Waals surface area contributed by atoms with E-state index in [0.717, 1.165) is 19.4 Å². The van der Waals surface area contributed by atoms with Crippen LogP contribution in [0.5, 0.6) is 0 Å². The van der Waals surface area contributed by atoms with E-state index in [4.69, 9.17) is 18.0 Å². The molecule has 4 nitrogen and oxygen atoms in total. The summed E-state index contributed by atoms with van der Waals surface area (Å²) in [7, 11) is 0. The molecule has 88 valence electrons. The molecule has 0 aliphatic heterocycles. The molecule has 0 aromatic rings. The summed E-state index contributed by atoms with van der Waals surface area (Å²) in [6, 6.07) is 0. The van der Waals surface area contributed by atoms with Crippen LogP contribution < -0.4 is 16.4 Å². The van der Waals surface area contributed by atoms with Crippen LogP contribution >= 0.6 is 12.2 Å². The van der Waals surface area contributed by atoms with Crippen LogP contribution in [0.2, 0.25) is 0 Å². The number of carbonyl (C=O) groups is 1. The van der Waals surface area contributed by atoms with Gasteiger partial charge in [0.25, 0.3) is 0 Å². The van der Waals surface area contributed by atoms with Crippen molar-refractivity contribution in [2.75, 3.05) is 6.54 Å². The number of hydrogen-bond donors (Lipinski definition) is 3. The highest BCUT2D eigenvalue weighted by molar-refractivity contribution is 7.80. The molecule has 0 atom stereocenters. The number of carbonyl (C=O) groups excluding carboxylic acids is 1. The summed E-state index contributed by atoms with van der Waals surface area (Å²) in [5.74, 6) is -0.330. The zero-order valence-corrected chi connectivity index (χ0v) is 10.5. The molecule has 1 amide bonds. The molecule has 0 aromatic carbocycles. The fourth-order valence-corrected chi connectivity index (χ4v) is 1.59. The Hall–Kier alpha value is -0.840. The minimum atomic E-state index is -0.387. The van der Waals surface area contributed by atoms with E-state index in [-0.39, 0.29) is 17.9 Å². The predicted octanol–water partition coefficient (Wildman–Crippen LogP) is 0.905. The second-order valence-corrected chi connectivity index (χ2v) is 4.67. The van der Waals surface area contributed by atoms with Crippen molar-refractivity contribution < 1.29 is 4.79 Å². The molecule has 5 heteroatoms. The average Bonchev–Trinajstić information content (AvgIpc) is 2.00. The zero-order chi connectivity index (χ0) is 11.9. The van der Waals surface area contributed by atoms with E-state index in [9.17, 15) is 4.79 Å². The fraction of sp³-hybridized carbons (Fsp3) is 0.800. The van der Waals surface area contributed by atoms with Crippen molar-refractivity contribution in [1.82, 2.24) is 10.6 Å². The van der Waals surface area contributed by atoms with Crippen molar-refractivity contribution in [3.05, 3.63) is 0 Å². The Morgan fingerprint density at radius 1 is 1.47 bits per heavy atom. The van der Waals surface area contributed by atoms with E-state index in [0.29, 0.717) is 5.11 Å². The number of nitrogens with one attached hydrogen (secondary N) is 2. The zero-order valence-electron chi connectivity index (χ0n) is 9.72. The van der Waals surface area contributed by atoms with E-state index in [1.165, 1.54) is 0 Å². The van der Waals surface area contributed by atoms with Crippen molar-refractivity contribution in [3.63, 3.8) is 0 Å². The minimum Gasteiger partial charge on any atom is -0.370 e. The number of hydrogen-bond acceptors (Lipinski definition) is 2. The SMILES string of the molecule is CCCCNC(=S)NC(C)(C)CC(N)=O. The molecule has 0 aromatic heterocycles. The van der Waals surface area contributed by atoms with Gasteiger partial charge >= 0.3 is 0 Å². The summed E-state index contributed by atoms with van der Waals surface area (Å²) in [5, 5.41) is 6.73. The Morgan fingerprint density at radius 3 is 2.53 bits per heavy atom. The maximum absolute atomic E-state index is 10.8. The molecule has 0 unspecified atom stereocenters. The summed E-state index contributed by atoms with van der Waals surface area (Å²) in [6.45, 7) is 6.77. The lowest BCUT2D eigenvalue weighted by Crippen LogP contribution is -2.50. The molecule has 0 fully saturated rings. The van der Waals surface area contributed by atoms with Gasteiger partial charge in [0.1, 0.15) is 0 Å². The first-order valence-corrected chi connectivity index (χ1v) is 5.62. The highest BCUT2D eigenvalue weighted by Gasteiger charge is 2.20. The van der Waals surface area contributed by atoms with Crippen LogP contribution in [0.25, 0.3) is 0 Å². The molecule has 0 bridgehead atoms. The van der Waals surface area contributed by atoms with Gasteiger partial charge in [0.05, 0.1) is 0 Å². The Labute approximate surface area is 97.0 Å². The van der Waals surface area contributed by atoms with Gasteiger partial charge in [0, 0.05) is 18.5 Å². The lowest BCUT2D eigenvalue weighted by molar-refractivity contribution is -0.119. The molecule has 4 N–H and O–H groups in total. The standard InChI is InChI=1S/C10H21N3OS/c1-4-5-6-12-9(15)13-10(2,3)7-8(11)14/h4-7H2,1-3H3,(H2,11,14)(H2,12,13,15). The maximum Gasteiger partial charge on any atom is 0.219 e. The van der Waals surface area contributed by atoms with Gasteiger partial charge in [-0.2, -0.15) is 0 Å². The molecule has 0 saturated heterocycles. The normalized spacial score (nSPS) is 10.9. The minimum absolute atomic E-state index is 0.266. The van der Waals surface area contributed by atoms with Gasteiger partial charge in [0.15, 0.2) is 5.11 Å². The third-order valence-corrected chi connectivity index (χ3v) is 2.13. The summed E-state index contributed by atoms with van der Waals surface area (Å²) in [6.07, 6.45) is 2.47. The van der Waals surface area contributed by atoms with Gasteiger partial charge in [-0.05, 0) is 32.5 Å². The first kappa shape index (κ1) is 14.2. The summed E-state index contributed by atoms with van der Waals surface area (Å²) >= 11 is 5.09. The van der Waals surface area contributed by atoms with Gasteiger partial charge in [0.2, 0.25) is 5.91 Å². The Morgan fingerprint density at radius 2 is 2.07 bits per heavy atom. The molecule has 0 aliphatic carbocycles. The molecular formula is C10H21N3OS. The number of nitrogens with two attached hydrogens (primary N) is 1. The summed E-state index contributed by atoms with van der Waals surface area (Å²) < 4.78 is 0. The second-order valence-electron chi connectivity index (χ2n) is 4.26. The molecular weight excluding hydrogens is 210 g/mol. The summed E-state index contributed by atoms with van der Waals surface area (Å²) in [4.78, 5) is 10.8. The maximum atomic E-state index is 10.8. The molecule has 0 radical (unpaired) electrons. The molecule has 0 saturated carbocycles. The first-order chi connectivity index (χ1) is 6.87. The summed E-state index contributed by atoms with van der Waals surface area (Å²) in [5.41, 5.74) is 4.75. The van der Waals surface area contributed by atoms with E-state index >= 15 is 0 Å². The fourth-order valence-electron chi connectivity index (χ4n) is 1.21. The molecule has 0 aliphatic rings. The third kappa shape index (κ3) is 8.17. The number of primary amides is 1. The molecule has 15 heavy (non-hydrogen) atoms. The lowest BCUT2D eigenvalue weighted by atomic mass is 10.0. The van der Waals surface area contributed by atoms with Crippen LogP contribution in [0, 0.1) is 0 Å². The van der Waals surface area contributed by atoms with E-state index in [2.05, 4.69) is 17.6 Å². The van der Waals surface area contributed by atoms with Gasteiger partial charge in [-0.15, -0.1) is 0 Å². The van der Waals surface area contributed by atoms with Crippen LogP contribution in [0.15, 0.2) is 0 Å². The van der Waals surface area contributed by atoms with Crippen molar-refractivity contribution >= 4 is 23.2 Å². The van der Waals surface area contributed by atoms with Crippen molar-refractivity contribution in [3.8, 4) is 0 Å². The van der Waals surface area contributed by atoms with Crippen molar-refractivity contribution in [2.45, 2.75) is 45.6 Å². The van der Waals surface area contributed by atoms with Crippen LogP contribution in [-0.2, 0) is 4.79 Å². The monoisotopic (exact) mass is 231 g/mol. The van der Waals surface area contributed by atoms with Crippen molar-refractivity contribution in [1.29, 1.82) is 0 Å². The van der Waals surface area contributed by atoms with Crippen LogP contribution in [0.3, 0.4) is 0 Å². The van der Waals surface area contributed by atoms with Gasteiger partial charge in [-0.25, -0.2) is 0 Å². The Bertz CT molecular complexity index is 229. The smallest absolute Gasteiger partial charge is 0.219 e. The van der Waals surface area contributed by atoms with E-state index in [1.54, 1.807) is 0 Å². The molecule has 0 heterocycles. The first-order valence-electron chi connectivity index (χ1n) is 5.21. The van der Waals surface area contributed by atoms with Crippen LogP contribution in [0.4, 0.5) is 0 Å². The molecule has 0 rings (SSSR count). The highest BCUT2D eigenvalue weighted by Crippen LogP contribution is 2.06. The predicted molar refractivity (Wildman–Crippen MR) is 66.5 cm³/mol. The van der Waals surface area contributed by atoms with E-state index < -0.39 is 0 Å². The Balaban J connectivity index is 3.88. The topological polar surface area (TPSA) is 67.2 Å². The van der Waals surface area contributed by atoms with Gasteiger partial charge < -0.3 is 16.4 Å². The Kier molecular flexibility index (Phi) is 6.24. The van der Waals surface area contributed by atoms with E-state index in [1.807, 2.05) is 13.8 Å². The van der Waals surface area contributed by atoms with Gasteiger partial charge in [-0.3, -0.25) is 4.79 Å². The third-order valence-electron chi connectivity index (χ3n) is 1.88. The highest BCUT2D eigenvalue weighted by atomic mass is 32.1. The number of amides is 1. The van der Waals surface area contributed by atoms with Crippen molar-refractivity contribution in [2.24, 2.45) is 5.73 Å². The largest absolute Gasteiger partial charge is 0.370 e. The second kappa shape index (κ2) is 6.61. The van der Waals surface area contributed by atoms with Crippen LogP contribution in [0.1, 0.15) is 40.0 Å². The molecule has 0 spiro atoms.